The summed E-state index contributed by atoms with van der Waals surface area (Å²) in [5, 5.41) is 70.7. The van der Waals surface area contributed by atoms with Crippen molar-refractivity contribution in [3.05, 3.63) is 71.8 Å². The molecular formula is C48H62N12O21. The molecule has 33 nitrogen and oxygen atoms in total. The van der Waals surface area contributed by atoms with E-state index in [1.807, 2.05) is 31.9 Å². The SMILES string of the molecule is CNC(CC(=O)O)C(=O)NC(CC(=O)O)C(=O)NCC(=O)NCC(=O)NCC(=O)NC(CC(=O)O)C(=O)NC(CC(=O)O)C(=O)NC(CC(=O)O)C(=O)NC(Cc1ccccc1)C(=O)NC(Cc1ccccc1)C(=O)NC(C)C(N)=O. The van der Waals surface area contributed by atoms with Gasteiger partial charge in [0.15, 0.2) is 0 Å². The number of amides is 11. The third-order valence-corrected chi connectivity index (χ3v) is 11.0. The van der Waals surface area contributed by atoms with Crippen LogP contribution in [0.2, 0.25) is 0 Å². The van der Waals surface area contributed by atoms with Gasteiger partial charge in [-0.3, -0.25) is 76.7 Å². The number of rotatable bonds is 36. The third-order valence-electron chi connectivity index (χ3n) is 11.0. The minimum Gasteiger partial charge on any atom is -0.481 e. The minimum atomic E-state index is -2.22. The summed E-state index contributed by atoms with van der Waals surface area (Å²) in [5.41, 5.74) is 6.30. The van der Waals surface area contributed by atoms with E-state index in [1.165, 1.54) is 14.0 Å². The van der Waals surface area contributed by atoms with Crippen LogP contribution < -0.4 is 64.2 Å². The molecule has 11 amide bonds. The fraction of sp³-hybridized carbons (Fsp3) is 0.417. The number of benzene rings is 2. The highest BCUT2D eigenvalue weighted by molar-refractivity contribution is 6.00. The Morgan fingerprint density at radius 1 is 0.370 bits per heavy atom. The Morgan fingerprint density at radius 3 is 1.01 bits per heavy atom. The van der Waals surface area contributed by atoms with Crippen molar-refractivity contribution in [3.63, 3.8) is 0 Å². The average molecular weight is 1140 g/mol. The molecule has 2 aromatic carbocycles. The van der Waals surface area contributed by atoms with Gasteiger partial charge in [0.25, 0.3) is 0 Å². The molecule has 0 spiro atoms. The number of primary amides is 1. The second-order valence-corrected chi connectivity index (χ2v) is 17.5. The maximum atomic E-state index is 14.0. The predicted octanol–water partition coefficient (Wildman–Crippen LogP) is -7.32. The largest absolute Gasteiger partial charge is 0.481 e. The van der Waals surface area contributed by atoms with Crippen molar-refractivity contribution in [2.45, 2.75) is 100 Å². The Balaban J connectivity index is 2.20. The van der Waals surface area contributed by atoms with Gasteiger partial charge in [0.05, 0.1) is 57.8 Å². The van der Waals surface area contributed by atoms with E-state index in [2.05, 4.69) is 26.6 Å². The Hall–Kier alpha value is -10.1. The van der Waals surface area contributed by atoms with Gasteiger partial charge in [0.2, 0.25) is 65.0 Å². The number of carbonyl (C=O) groups excluding carboxylic acids is 11. The molecule has 0 fully saturated rings. The van der Waals surface area contributed by atoms with E-state index in [-0.39, 0.29) is 12.8 Å². The summed E-state index contributed by atoms with van der Waals surface area (Å²) in [5.74, 6) is -21.0. The first-order valence-electron chi connectivity index (χ1n) is 24.1. The van der Waals surface area contributed by atoms with Crippen LogP contribution in [0.3, 0.4) is 0 Å². The monoisotopic (exact) mass is 1140 g/mol. The Kier molecular flexibility index (Phi) is 28.1. The van der Waals surface area contributed by atoms with Crippen LogP contribution in [0.1, 0.15) is 50.2 Å². The highest BCUT2D eigenvalue weighted by Crippen LogP contribution is 2.10. The van der Waals surface area contributed by atoms with Crippen LogP contribution in [-0.4, -0.2) is 195 Å². The summed E-state index contributed by atoms with van der Waals surface area (Å²) < 4.78 is 0. The van der Waals surface area contributed by atoms with Crippen LogP contribution >= 0.6 is 0 Å². The first-order chi connectivity index (χ1) is 38.1. The lowest BCUT2D eigenvalue weighted by Crippen LogP contribution is -2.60. The number of likely N-dealkylation sites (N-methyl/N-ethyl adjacent to an activating group) is 1. The standard InChI is InChI=1S/C48H62N12O21/c1-23(41(49)74)54-44(77)27(13-24-9-5-3-6-10-24)56-45(78)28(14-25-11-7-4-8-12-25)57-47(80)31(18-39(70)71)60-48(81)32(19-40(72)73)59-46(79)30(17-38(68)69)55-35(63)22-52-33(61)20-51-34(62)21-53-42(75)29(16-37(66)67)58-43(76)26(50-2)15-36(64)65/h3-12,23,26-32,50H,13-22H2,1-2H3,(H2,49,74)(H,51,62)(H,52,61)(H,53,75)(H,54,77)(H,55,63)(H,56,78)(H,57,80)(H,58,76)(H,59,79)(H,60,81)(H,64,65)(H,66,67)(H,68,69)(H,70,71)(H,72,73). The number of hydrogen-bond acceptors (Lipinski definition) is 17. The summed E-state index contributed by atoms with van der Waals surface area (Å²) in [6.07, 6.45) is -5.89. The molecule has 0 bridgehead atoms. The van der Waals surface area contributed by atoms with Gasteiger partial charge in [0, 0.05) is 12.8 Å². The molecule has 33 heteroatoms. The van der Waals surface area contributed by atoms with Crippen molar-refractivity contribution in [2.75, 3.05) is 26.7 Å². The molecule has 2 aromatic rings. The molecule has 0 saturated carbocycles. The molecule has 0 radical (unpaired) electrons. The minimum absolute atomic E-state index is 0.140. The average Bonchev–Trinajstić information content (AvgIpc) is 3.41. The van der Waals surface area contributed by atoms with Crippen LogP contribution in [0.5, 0.6) is 0 Å². The lowest BCUT2D eigenvalue weighted by atomic mass is 10.0. The first-order valence-corrected chi connectivity index (χ1v) is 24.1. The van der Waals surface area contributed by atoms with Gasteiger partial charge in [-0.2, -0.15) is 0 Å². The van der Waals surface area contributed by atoms with Crippen molar-refractivity contribution >= 4 is 94.8 Å². The number of nitrogens with one attached hydrogen (secondary N) is 11. The normalized spacial score (nSPS) is 13.6. The Morgan fingerprint density at radius 2 is 0.654 bits per heavy atom. The van der Waals surface area contributed by atoms with E-state index in [0.29, 0.717) is 11.1 Å². The number of carboxylic acids is 5. The topological polar surface area (TPSA) is 533 Å². The van der Waals surface area contributed by atoms with Crippen molar-refractivity contribution in [2.24, 2.45) is 5.73 Å². The van der Waals surface area contributed by atoms with Crippen LogP contribution in [0, 0.1) is 0 Å². The van der Waals surface area contributed by atoms with E-state index in [9.17, 15) is 97.1 Å². The Bertz CT molecular complexity index is 2660. The summed E-state index contributed by atoms with van der Waals surface area (Å²) in [4.78, 5) is 201. The van der Waals surface area contributed by atoms with Gasteiger partial charge >= 0.3 is 29.8 Å². The third kappa shape index (κ3) is 26.2. The fourth-order valence-corrected chi connectivity index (χ4v) is 6.92. The zero-order chi connectivity index (χ0) is 60.9. The van der Waals surface area contributed by atoms with E-state index in [1.54, 1.807) is 60.7 Å². The molecule has 0 aromatic heterocycles. The van der Waals surface area contributed by atoms with Crippen molar-refractivity contribution < 1.29 is 102 Å². The van der Waals surface area contributed by atoms with Crippen molar-refractivity contribution in [1.82, 2.24) is 58.5 Å². The second kappa shape index (κ2) is 33.9. The van der Waals surface area contributed by atoms with E-state index in [4.69, 9.17) is 10.8 Å². The summed E-state index contributed by atoms with van der Waals surface area (Å²) in [7, 11) is 1.23. The van der Waals surface area contributed by atoms with Crippen LogP contribution in [-0.2, 0) is 89.6 Å². The summed E-state index contributed by atoms with van der Waals surface area (Å²) >= 11 is 0. The van der Waals surface area contributed by atoms with Crippen LogP contribution in [0.25, 0.3) is 0 Å². The van der Waals surface area contributed by atoms with Crippen molar-refractivity contribution in [3.8, 4) is 0 Å². The van der Waals surface area contributed by atoms with Gasteiger partial charge in [-0.25, -0.2) is 0 Å². The van der Waals surface area contributed by atoms with Gasteiger partial charge in [-0.15, -0.1) is 0 Å². The molecular weight excluding hydrogens is 1080 g/mol. The molecule has 8 atom stereocenters. The molecule has 18 N–H and O–H groups in total. The smallest absolute Gasteiger partial charge is 0.305 e. The summed E-state index contributed by atoms with van der Waals surface area (Å²) in [6, 6.07) is 2.39. The van der Waals surface area contributed by atoms with Gasteiger partial charge in [-0.1, -0.05) is 60.7 Å². The molecule has 0 aliphatic rings. The lowest BCUT2D eigenvalue weighted by molar-refractivity contribution is -0.144. The fourth-order valence-electron chi connectivity index (χ4n) is 6.92. The number of hydrogen-bond donors (Lipinski definition) is 17. The first kappa shape index (κ1) is 67.0. The second-order valence-electron chi connectivity index (χ2n) is 17.5. The van der Waals surface area contributed by atoms with Gasteiger partial charge < -0.3 is 89.8 Å². The van der Waals surface area contributed by atoms with E-state index in [0.717, 1.165) is 0 Å². The molecule has 0 heterocycles. The zero-order valence-electron chi connectivity index (χ0n) is 43.3. The highest BCUT2D eigenvalue weighted by Gasteiger charge is 2.36. The quantitative estimate of drug-likeness (QED) is 0.0301. The number of carboxylic acid groups (broad SMARTS) is 5. The maximum Gasteiger partial charge on any atom is 0.305 e. The maximum absolute atomic E-state index is 14.0. The molecule has 440 valence electrons. The lowest BCUT2D eigenvalue weighted by Gasteiger charge is -2.27. The van der Waals surface area contributed by atoms with Crippen molar-refractivity contribution in [1.29, 1.82) is 0 Å². The molecule has 81 heavy (non-hydrogen) atoms. The van der Waals surface area contributed by atoms with E-state index < -0.39 is 195 Å². The molecule has 2 rings (SSSR count). The van der Waals surface area contributed by atoms with Gasteiger partial charge in [-0.05, 0) is 25.1 Å². The van der Waals surface area contributed by atoms with Crippen LogP contribution in [0.15, 0.2) is 60.7 Å². The highest BCUT2D eigenvalue weighted by atomic mass is 16.4. The molecule has 0 aliphatic heterocycles. The van der Waals surface area contributed by atoms with E-state index >= 15 is 0 Å². The Labute approximate surface area is 459 Å². The molecule has 8 unspecified atom stereocenters. The number of carbonyl (C=O) groups is 16. The molecule has 0 aliphatic carbocycles. The van der Waals surface area contributed by atoms with Crippen LogP contribution in [0.4, 0.5) is 0 Å². The molecule has 0 saturated heterocycles. The number of nitrogens with two attached hydrogens (primary N) is 1. The van der Waals surface area contributed by atoms with Gasteiger partial charge in [0.1, 0.15) is 42.3 Å². The summed E-state index contributed by atoms with van der Waals surface area (Å²) in [6.45, 7) is -1.48. The predicted molar refractivity (Wildman–Crippen MR) is 272 cm³/mol. The zero-order valence-corrected chi connectivity index (χ0v) is 43.3. The number of aliphatic carboxylic acids is 5.